The number of phenols is 2. The third-order valence-electron chi connectivity index (χ3n) is 4.06. The molecule has 1 aromatic rings. The van der Waals surface area contributed by atoms with Gasteiger partial charge in [-0.2, -0.15) is 0 Å². The summed E-state index contributed by atoms with van der Waals surface area (Å²) in [5, 5.41) is 19.4. The molecule has 0 spiro atoms. The molecule has 100 valence electrons. The summed E-state index contributed by atoms with van der Waals surface area (Å²) in [6, 6.07) is 4.91. The van der Waals surface area contributed by atoms with Crippen molar-refractivity contribution in [2.24, 2.45) is 11.7 Å². The number of phenolic OH excluding ortho intramolecular Hbond substituents is 2. The van der Waals surface area contributed by atoms with E-state index in [-0.39, 0.29) is 23.6 Å². The van der Waals surface area contributed by atoms with Gasteiger partial charge >= 0.3 is 0 Å². The van der Waals surface area contributed by atoms with Crippen molar-refractivity contribution in [3.8, 4) is 11.5 Å². The van der Waals surface area contributed by atoms with Crippen LogP contribution in [0.3, 0.4) is 0 Å². The highest BCUT2D eigenvalue weighted by Gasteiger charge is 2.27. The highest BCUT2D eigenvalue weighted by Crippen LogP contribution is 2.33. The predicted octanol–water partition coefficient (Wildman–Crippen LogP) is 1.83. The molecule has 1 aliphatic heterocycles. The molecule has 0 amide bonds. The van der Waals surface area contributed by atoms with Gasteiger partial charge in [0, 0.05) is 24.2 Å². The van der Waals surface area contributed by atoms with E-state index in [1.165, 1.54) is 12.1 Å². The molecule has 0 saturated carbocycles. The first-order valence-electron chi connectivity index (χ1n) is 6.50. The monoisotopic (exact) mass is 250 g/mol. The number of nitrogens with two attached hydrogens (primary N) is 1. The number of rotatable bonds is 2. The van der Waals surface area contributed by atoms with Crippen molar-refractivity contribution in [2.75, 3.05) is 13.1 Å². The maximum Gasteiger partial charge on any atom is 0.120 e. The van der Waals surface area contributed by atoms with Gasteiger partial charge < -0.3 is 15.9 Å². The lowest BCUT2D eigenvalue weighted by atomic mass is 9.92. The van der Waals surface area contributed by atoms with Crippen LogP contribution in [0.25, 0.3) is 0 Å². The first kappa shape index (κ1) is 13.2. The minimum Gasteiger partial charge on any atom is -0.508 e. The Morgan fingerprint density at radius 2 is 2.11 bits per heavy atom. The molecule has 1 fully saturated rings. The molecule has 0 aliphatic carbocycles. The van der Waals surface area contributed by atoms with Crippen molar-refractivity contribution < 1.29 is 10.2 Å². The zero-order valence-electron chi connectivity index (χ0n) is 11.0. The fraction of sp³-hybridized carbons (Fsp3) is 0.571. The first-order valence-corrected chi connectivity index (χ1v) is 6.50. The summed E-state index contributed by atoms with van der Waals surface area (Å²) < 4.78 is 0. The number of piperidine rings is 1. The predicted molar refractivity (Wildman–Crippen MR) is 71.5 cm³/mol. The molecule has 0 radical (unpaired) electrons. The molecule has 4 heteroatoms. The van der Waals surface area contributed by atoms with Crippen LogP contribution in [-0.4, -0.2) is 34.2 Å². The van der Waals surface area contributed by atoms with Gasteiger partial charge in [0.25, 0.3) is 0 Å². The van der Waals surface area contributed by atoms with Crippen LogP contribution < -0.4 is 5.73 Å². The van der Waals surface area contributed by atoms with Crippen molar-refractivity contribution >= 4 is 0 Å². The van der Waals surface area contributed by atoms with Crippen molar-refractivity contribution in [1.29, 1.82) is 0 Å². The van der Waals surface area contributed by atoms with E-state index in [9.17, 15) is 10.2 Å². The van der Waals surface area contributed by atoms with Crippen molar-refractivity contribution in [1.82, 2.24) is 4.90 Å². The minimum atomic E-state index is 0.0654. The number of hydrogen-bond acceptors (Lipinski definition) is 4. The van der Waals surface area contributed by atoms with E-state index in [1.54, 1.807) is 6.07 Å². The summed E-state index contributed by atoms with van der Waals surface area (Å²) >= 11 is 0. The van der Waals surface area contributed by atoms with Crippen molar-refractivity contribution in [3.05, 3.63) is 23.8 Å². The molecular formula is C14H22N2O2. The van der Waals surface area contributed by atoms with Gasteiger partial charge in [-0.05, 0) is 44.0 Å². The Morgan fingerprint density at radius 1 is 1.39 bits per heavy atom. The van der Waals surface area contributed by atoms with Gasteiger partial charge in [0.15, 0.2) is 0 Å². The smallest absolute Gasteiger partial charge is 0.120 e. The van der Waals surface area contributed by atoms with E-state index in [0.717, 1.165) is 25.1 Å². The van der Waals surface area contributed by atoms with Gasteiger partial charge in [-0.15, -0.1) is 0 Å². The summed E-state index contributed by atoms with van der Waals surface area (Å²) in [6.07, 6.45) is 1.07. The molecule has 1 heterocycles. The van der Waals surface area contributed by atoms with Crippen LogP contribution >= 0.6 is 0 Å². The van der Waals surface area contributed by atoms with Gasteiger partial charge in [-0.25, -0.2) is 0 Å². The Balaban J connectivity index is 2.16. The summed E-state index contributed by atoms with van der Waals surface area (Å²) in [6.45, 7) is 6.03. The largest absolute Gasteiger partial charge is 0.508 e. The Hall–Kier alpha value is -1.26. The highest BCUT2D eigenvalue weighted by molar-refractivity contribution is 5.40. The van der Waals surface area contributed by atoms with E-state index in [4.69, 9.17) is 5.73 Å². The lowest BCUT2D eigenvalue weighted by Gasteiger charge is -2.39. The van der Waals surface area contributed by atoms with E-state index in [2.05, 4.69) is 11.8 Å². The Morgan fingerprint density at radius 3 is 2.78 bits per heavy atom. The Kier molecular flexibility index (Phi) is 3.78. The number of aromatic hydroxyl groups is 2. The van der Waals surface area contributed by atoms with Gasteiger partial charge in [-0.1, -0.05) is 6.92 Å². The topological polar surface area (TPSA) is 69.7 Å². The molecule has 2 rings (SSSR count). The van der Waals surface area contributed by atoms with Crippen LogP contribution in [0.15, 0.2) is 18.2 Å². The summed E-state index contributed by atoms with van der Waals surface area (Å²) in [5.41, 5.74) is 6.86. The van der Waals surface area contributed by atoms with E-state index < -0.39 is 0 Å². The van der Waals surface area contributed by atoms with Crippen LogP contribution in [0.1, 0.15) is 31.9 Å². The molecule has 4 nitrogen and oxygen atoms in total. The average Bonchev–Trinajstić information content (AvgIpc) is 2.35. The van der Waals surface area contributed by atoms with Crippen LogP contribution in [0.4, 0.5) is 0 Å². The van der Waals surface area contributed by atoms with E-state index in [0.29, 0.717) is 5.92 Å². The third-order valence-corrected chi connectivity index (χ3v) is 4.06. The van der Waals surface area contributed by atoms with E-state index in [1.807, 2.05) is 6.92 Å². The second-order valence-corrected chi connectivity index (χ2v) is 5.34. The Bertz CT molecular complexity index is 422. The molecule has 4 N–H and O–H groups in total. The second kappa shape index (κ2) is 5.16. The van der Waals surface area contributed by atoms with Crippen LogP contribution in [0, 0.1) is 5.92 Å². The molecule has 3 atom stereocenters. The SMILES string of the molecule is CC1CCN(C(C)c2cc(O)ccc2O)CC1N. The summed E-state index contributed by atoms with van der Waals surface area (Å²) in [7, 11) is 0. The molecule has 18 heavy (non-hydrogen) atoms. The average molecular weight is 250 g/mol. The van der Waals surface area contributed by atoms with Gasteiger partial charge in [0.2, 0.25) is 0 Å². The zero-order valence-corrected chi connectivity index (χ0v) is 11.0. The van der Waals surface area contributed by atoms with E-state index >= 15 is 0 Å². The number of hydrogen-bond donors (Lipinski definition) is 3. The summed E-state index contributed by atoms with van der Waals surface area (Å²) in [5.74, 6) is 0.961. The fourth-order valence-corrected chi connectivity index (χ4v) is 2.55. The van der Waals surface area contributed by atoms with Crippen LogP contribution in [0.2, 0.25) is 0 Å². The van der Waals surface area contributed by atoms with Gasteiger partial charge in [-0.3, -0.25) is 4.90 Å². The quantitative estimate of drug-likeness (QED) is 0.700. The molecule has 1 saturated heterocycles. The molecule has 0 aromatic heterocycles. The van der Waals surface area contributed by atoms with Gasteiger partial charge in [0.1, 0.15) is 11.5 Å². The maximum atomic E-state index is 9.88. The normalized spacial score (nSPS) is 27.1. The second-order valence-electron chi connectivity index (χ2n) is 5.34. The fourth-order valence-electron chi connectivity index (χ4n) is 2.55. The minimum absolute atomic E-state index is 0.0654. The van der Waals surface area contributed by atoms with Gasteiger partial charge in [0.05, 0.1) is 0 Å². The highest BCUT2D eigenvalue weighted by atomic mass is 16.3. The number of benzene rings is 1. The zero-order chi connectivity index (χ0) is 13.3. The van der Waals surface area contributed by atoms with Crippen LogP contribution in [0.5, 0.6) is 11.5 Å². The Labute approximate surface area is 108 Å². The maximum absolute atomic E-state index is 9.88. The lowest BCUT2D eigenvalue weighted by Crippen LogP contribution is -2.48. The molecular weight excluding hydrogens is 228 g/mol. The molecule has 1 aromatic carbocycles. The summed E-state index contributed by atoms with van der Waals surface area (Å²) in [4.78, 5) is 2.26. The van der Waals surface area contributed by atoms with Crippen molar-refractivity contribution in [2.45, 2.75) is 32.4 Å². The molecule has 1 aliphatic rings. The third kappa shape index (κ3) is 2.60. The van der Waals surface area contributed by atoms with Crippen LogP contribution in [-0.2, 0) is 0 Å². The lowest BCUT2D eigenvalue weighted by molar-refractivity contribution is 0.127. The van der Waals surface area contributed by atoms with Crippen molar-refractivity contribution in [3.63, 3.8) is 0 Å². The number of nitrogens with zero attached hydrogens (tertiary/aromatic N) is 1. The molecule has 3 unspecified atom stereocenters. The number of likely N-dealkylation sites (tertiary alicyclic amines) is 1. The molecule has 0 bridgehead atoms. The standard InChI is InChI=1S/C14H22N2O2/c1-9-5-6-16(8-13(9)15)10(2)12-7-11(17)3-4-14(12)18/h3-4,7,9-10,13,17-18H,5-6,8,15H2,1-2H3. The first-order chi connectivity index (χ1) is 8.49.